The van der Waals surface area contributed by atoms with E-state index in [1.807, 2.05) is 43.9 Å². The van der Waals surface area contributed by atoms with Crippen LogP contribution in [0.5, 0.6) is 0 Å². The first-order valence-corrected chi connectivity index (χ1v) is 8.42. The van der Waals surface area contributed by atoms with E-state index < -0.39 is 5.60 Å². The standard InChI is InChI=1S/C18H28N4O2.HI/c1-18(2,3)24-17(23)22-13-11-21(12-14-22)16(19)20-10-9-15-7-5-4-6-8-15;/h4-8H,9-14H2,1-3H3,(H2,19,20);1H. The van der Waals surface area contributed by atoms with Crippen LogP contribution in [0.1, 0.15) is 26.3 Å². The van der Waals surface area contributed by atoms with E-state index in [1.165, 1.54) is 5.56 Å². The second kappa shape index (κ2) is 9.84. The van der Waals surface area contributed by atoms with Crippen LogP contribution < -0.4 is 5.73 Å². The lowest BCUT2D eigenvalue weighted by Gasteiger charge is -2.36. The maximum absolute atomic E-state index is 12.0. The molecule has 140 valence electrons. The average Bonchev–Trinajstić information content (AvgIpc) is 2.54. The van der Waals surface area contributed by atoms with Gasteiger partial charge in [-0.25, -0.2) is 4.79 Å². The summed E-state index contributed by atoms with van der Waals surface area (Å²) in [6.45, 7) is 8.85. The number of carbonyl (C=O) groups excluding carboxylic acids is 1. The predicted molar refractivity (Wildman–Crippen MR) is 111 cm³/mol. The number of rotatable bonds is 3. The molecule has 1 aromatic rings. The largest absolute Gasteiger partial charge is 0.444 e. The third-order valence-corrected chi connectivity index (χ3v) is 3.77. The molecule has 1 aromatic carbocycles. The van der Waals surface area contributed by atoms with E-state index in [2.05, 4.69) is 17.1 Å². The van der Waals surface area contributed by atoms with Crippen LogP contribution in [-0.4, -0.2) is 60.2 Å². The summed E-state index contributed by atoms with van der Waals surface area (Å²) < 4.78 is 5.39. The first kappa shape index (κ1) is 21.5. The van der Waals surface area contributed by atoms with Crippen molar-refractivity contribution in [2.24, 2.45) is 10.7 Å². The van der Waals surface area contributed by atoms with E-state index >= 15 is 0 Å². The Morgan fingerprint density at radius 1 is 1.12 bits per heavy atom. The minimum Gasteiger partial charge on any atom is -0.444 e. The van der Waals surface area contributed by atoms with E-state index in [-0.39, 0.29) is 30.1 Å². The summed E-state index contributed by atoms with van der Waals surface area (Å²) in [5.41, 5.74) is 6.86. The maximum atomic E-state index is 12.0. The Morgan fingerprint density at radius 3 is 2.24 bits per heavy atom. The molecule has 2 rings (SSSR count). The highest BCUT2D eigenvalue weighted by Gasteiger charge is 2.26. The number of nitrogens with two attached hydrogens (primary N) is 1. The van der Waals surface area contributed by atoms with Gasteiger partial charge in [0.1, 0.15) is 5.60 Å². The van der Waals surface area contributed by atoms with E-state index in [0.717, 1.165) is 6.42 Å². The summed E-state index contributed by atoms with van der Waals surface area (Å²) >= 11 is 0. The van der Waals surface area contributed by atoms with Gasteiger partial charge in [0, 0.05) is 32.7 Å². The van der Waals surface area contributed by atoms with Gasteiger partial charge in [0.2, 0.25) is 0 Å². The van der Waals surface area contributed by atoms with Crippen LogP contribution in [0.3, 0.4) is 0 Å². The van der Waals surface area contributed by atoms with Crippen LogP contribution in [0.15, 0.2) is 35.3 Å². The molecular formula is C18H29IN4O2. The molecule has 1 aliphatic rings. The number of amides is 1. The smallest absolute Gasteiger partial charge is 0.410 e. The van der Waals surface area contributed by atoms with Gasteiger partial charge in [-0.1, -0.05) is 30.3 Å². The number of hydrogen-bond acceptors (Lipinski definition) is 3. The van der Waals surface area contributed by atoms with Crippen molar-refractivity contribution >= 4 is 36.0 Å². The van der Waals surface area contributed by atoms with E-state index in [0.29, 0.717) is 38.7 Å². The molecule has 1 heterocycles. The molecular weight excluding hydrogens is 431 g/mol. The Labute approximate surface area is 167 Å². The molecule has 0 aromatic heterocycles. The molecule has 0 radical (unpaired) electrons. The molecule has 0 unspecified atom stereocenters. The van der Waals surface area contributed by atoms with Crippen molar-refractivity contribution in [2.45, 2.75) is 32.8 Å². The number of aliphatic imine (C=N–C) groups is 1. The van der Waals surface area contributed by atoms with E-state index in [4.69, 9.17) is 10.5 Å². The first-order valence-electron chi connectivity index (χ1n) is 8.42. The highest BCUT2D eigenvalue weighted by atomic mass is 127. The molecule has 1 amide bonds. The molecule has 1 saturated heterocycles. The van der Waals surface area contributed by atoms with Crippen molar-refractivity contribution in [3.05, 3.63) is 35.9 Å². The molecule has 0 spiro atoms. The van der Waals surface area contributed by atoms with Gasteiger partial charge >= 0.3 is 6.09 Å². The molecule has 7 heteroatoms. The fourth-order valence-electron chi connectivity index (χ4n) is 2.49. The molecule has 0 saturated carbocycles. The summed E-state index contributed by atoms with van der Waals surface area (Å²) in [6.07, 6.45) is 0.612. The summed E-state index contributed by atoms with van der Waals surface area (Å²) in [7, 11) is 0. The number of nitrogens with zero attached hydrogens (tertiary/aromatic N) is 3. The van der Waals surface area contributed by atoms with Crippen molar-refractivity contribution < 1.29 is 9.53 Å². The van der Waals surface area contributed by atoms with Crippen LogP contribution in [0.2, 0.25) is 0 Å². The number of ether oxygens (including phenoxy) is 1. The zero-order valence-electron chi connectivity index (χ0n) is 15.3. The molecule has 6 nitrogen and oxygen atoms in total. The van der Waals surface area contributed by atoms with Gasteiger partial charge in [-0.2, -0.15) is 0 Å². The maximum Gasteiger partial charge on any atom is 0.410 e. The number of carbonyl (C=O) groups is 1. The topological polar surface area (TPSA) is 71.2 Å². The monoisotopic (exact) mass is 460 g/mol. The van der Waals surface area contributed by atoms with E-state index in [9.17, 15) is 4.79 Å². The van der Waals surface area contributed by atoms with Gasteiger partial charge < -0.3 is 20.3 Å². The number of piperazine rings is 1. The Morgan fingerprint density at radius 2 is 1.68 bits per heavy atom. The molecule has 25 heavy (non-hydrogen) atoms. The molecule has 0 atom stereocenters. The molecule has 2 N–H and O–H groups in total. The third kappa shape index (κ3) is 7.50. The Bertz CT molecular complexity index is 564. The van der Waals surface area contributed by atoms with Crippen molar-refractivity contribution in [1.29, 1.82) is 0 Å². The number of halogens is 1. The zero-order chi connectivity index (χ0) is 17.6. The second-order valence-corrected chi connectivity index (χ2v) is 6.93. The summed E-state index contributed by atoms with van der Waals surface area (Å²) in [5, 5.41) is 0. The van der Waals surface area contributed by atoms with E-state index in [1.54, 1.807) is 4.90 Å². The lowest BCUT2D eigenvalue weighted by molar-refractivity contribution is 0.0186. The Kier molecular flexibility index (Phi) is 8.47. The quantitative estimate of drug-likeness (QED) is 0.428. The van der Waals surface area contributed by atoms with Gasteiger partial charge in [0.25, 0.3) is 0 Å². The summed E-state index contributed by atoms with van der Waals surface area (Å²) in [5.74, 6) is 0.551. The van der Waals surface area contributed by atoms with Gasteiger partial charge in [-0.15, -0.1) is 24.0 Å². The molecule has 0 aliphatic carbocycles. The van der Waals surface area contributed by atoms with Crippen LogP contribution in [0.25, 0.3) is 0 Å². The van der Waals surface area contributed by atoms with Crippen LogP contribution in [-0.2, 0) is 11.2 Å². The third-order valence-electron chi connectivity index (χ3n) is 3.77. The molecule has 0 bridgehead atoms. The number of guanidine groups is 1. The molecule has 1 aliphatic heterocycles. The normalized spacial score (nSPS) is 15.6. The highest BCUT2D eigenvalue weighted by molar-refractivity contribution is 14.0. The SMILES string of the molecule is CC(C)(C)OC(=O)N1CCN(C(N)=NCCc2ccccc2)CC1.I. The minimum atomic E-state index is -0.466. The van der Waals surface area contributed by atoms with Crippen molar-refractivity contribution in [3.63, 3.8) is 0 Å². The number of benzene rings is 1. The lowest BCUT2D eigenvalue weighted by Crippen LogP contribution is -2.53. The van der Waals surface area contributed by atoms with Gasteiger partial charge in [0.05, 0.1) is 0 Å². The summed E-state index contributed by atoms with van der Waals surface area (Å²) in [6, 6.07) is 10.2. The highest BCUT2D eigenvalue weighted by Crippen LogP contribution is 2.11. The average molecular weight is 460 g/mol. The second-order valence-electron chi connectivity index (χ2n) is 6.93. The van der Waals surface area contributed by atoms with Crippen molar-refractivity contribution in [1.82, 2.24) is 9.80 Å². The zero-order valence-corrected chi connectivity index (χ0v) is 17.6. The Hall–Kier alpha value is -1.51. The minimum absolute atomic E-state index is 0. The molecule has 1 fully saturated rings. The Balaban J connectivity index is 0.00000312. The van der Waals surface area contributed by atoms with Crippen molar-refractivity contribution in [2.75, 3.05) is 32.7 Å². The lowest BCUT2D eigenvalue weighted by atomic mass is 10.2. The van der Waals surface area contributed by atoms with Crippen molar-refractivity contribution in [3.8, 4) is 0 Å². The number of hydrogen-bond donors (Lipinski definition) is 1. The summed E-state index contributed by atoms with van der Waals surface area (Å²) in [4.78, 5) is 20.2. The van der Waals surface area contributed by atoms with Gasteiger partial charge in [0.15, 0.2) is 5.96 Å². The predicted octanol–water partition coefficient (Wildman–Crippen LogP) is 2.71. The van der Waals surface area contributed by atoms with Crippen LogP contribution in [0, 0.1) is 0 Å². The first-order chi connectivity index (χ1) is 11.3. The fourth-order valence-corrected chi connectivity index (χ4v) is 2.49. The fraction of sp³-hybridized carbons (Fsp3) is 0.556. The van der Waals surface area contributed by atoms with Gasteiger partial charge in [-0.05, 0) is 32.8 Å². The van der Waals surface area contributed by atoms with Gasteiger partial charge in [-0.3, -0.25) is 4.99 Å². The van der Waals surface area contributed by atoms with Crippen LogP contribution in [0.4, 0.5) is 4.79 Å². The van der Waals surface area contributed by atoms with Crippen LogP contribution >= 0.6 is 24.0 Å².